The molecule has 0 bridgehead atoms. The van der Waals surface area contributed by atoms with Crippen LogP contribution >= 0.6 is 0 Å². The molecule has 1 aliphatic heterocycles. The molecule has 10 heteroatoms. The molecule has 1 amide bonds. The molecule has 3 N–H and O–H groups in total. The van der Waals surface area contributed by atoms with E-state index in [0.717, 1.165) is 24.9 Å². The molecule has 0 spiro atoms. The summed E-state index contributed by atoms with van der Waals surface area (Å²) in [4.78, 5) is 24.5. The highest BCUT2D eigenvalue weighted by Gasteiger charge is 2.25. The number of hydrogen-bond donors (Lipinski definition) is 2. The predicted molar refractivity (Wildman–Crippen MR) is 144 cm³/mol. The third kappa shape index (κ3) is 5.28. The van der Waals surface area contributed by atoms with Crippen LogP contribution in [0.15, 0.2) is 65.8 Å². The molecule has 2 aromatic carbocycles. The number of hydrogen-bond acceptors (Lipinski definition) is 6. The van der Waals surface area contributed by atoms with Crippen LogP contribution in [0, 0.1) is 12.7 Å². The molecular formula is C28H28FN5O3S. The average Bonchev–Trinajstić information content (AvgIpc) is 3.39. The molecule has 3 heterocycles. The van der Waals surface area contributed by atoms with Gasteiger partial charge in [0.05, 0.1) is 16.8 Å². The molecule has 0 aliphatic carbocycles. The summed E-state index contributed by atoms with van der Waals surface area (Å²) >= 11 is 0. The Hall–Kier alpha value is -3.73. The fraction of sp³-hybridized carbons (Fsp3) is 0.250. The van der Waals surface area contributed by atoms with Crippen molar-refractivity contribution in [2.45, 2.75) is 30.8 Å². The first kappa shape index (κ1) is 25.9. The van der Waals surface area contributed by atoms with E-state index in [2.05, 4.69) is 15.3 Å². The number of benzene rings is 2. The van der Waals surface area contributed by atoms with Gasteiger partial charge in [0.1, 0.15) is 5.82 Å². The minimum atomic E-state index is -4.00. The highest BCUT2D eigenvalue weighted by Crippen LogP contribution is 2.33. The zero-order valence-corrected chi connectivity index (χ0v) is 21.9. The molecule has 1 fully saturated rings. The number of nitrogens with one attached hydrogen (secondary N) is 1. The van der Waals surface area contributed by atoms with Crippen LogP contribution in [0.1, 0.15) is 28.8 Å². The van der Waals surface area contributed by atoms with Gasteiger partial charge in [-0.3, -0.25) is 9.78 Å². The van der Waals surface area contributed by atoms with E-state index >= 15 is 0 Å². The van der Waals surface area contributed by atoms with E-state index in [1.165, 1.54) is 18.2 Å². The lowest BCUT2D eigenvalue weighted by Gasteiger charge is -2.24. The zero-order valence-electron chi connectivity index (χ0n) is 21.1. The Morgan fingerprint density at radius 3 is 2.68 bits per heavy atom. The number of primary sulfonamides is 1. The molecule has 8 nitrogen and oxygen atoms in total. The lowest BCUT2D eigenvalue weighted by atomic mass is 9.94. The number of rotatable bonds is 6. The van der Waals surface area contributed by atoms with Crippen LogP contribution in [-0.4, -0.2) is 55.4 Å². The van der Waals surface area contributed by atoms with Crippen LogP contribution in [0.25, 0.3) is 33.3 Å². The second-order valence-electron chi connectivity index (χ2n) is 9.68. The average molecular weight is 534 g/mol. The maximum Gasteiger partial charge on any atom is 0.255 e. The molecule has 1 aliphatic rings. The van der Waals surface area contributed by atoms with Crippen molar-refractivity contribution in [1.82, 2.24) is 20.2 Å². The summed E-state index contributed by atoms with van der Waals surface area (Å²) < 4.78 is 38.1. The summed E-state index contributed by atoms with van der Waals surface area (Å²) in [6.45, 7) is 3.25. The Balaban J connectivity index is 1.70. The molecule has 2 aromatic heterocycles. The van der Waals surface area contributed by atoms with Crippen molar-refractivity contribution in [2.24, 2.45) is 5.14 Å². The number of aryl methyl sites for hydroxylation is 1. The number of aromatic nitrogens is 2. The Morgan fingerprint density at radius 1 is 1.16 bits per heavy atom. The van der Waals surface area contributed by atoms with E-state index in [1.54, 1.807) is 55.4 Å². The van der Waals surface area contributed by atoms with Crippen molar-refractivity contribution in [2.75, 3.05) is 20.1 Å². The number of halogens is 1. The zero-order chi connectivity index (χ0) is 27.0. The second kappa shape index (κ2) is 10.2. The van der Waals surface area contributed by atoms with Gasteiger partial charge in [-0.15, -0.1) is 0 Å². The number of likely N-dealkylation sites (N-methyl/N-ethyl adjacent to an activating group) is 1. The van der Waals surface area contributed by atoms with Gasteiger partial charge in [0.25, 0.3) is 15.9 Å². The summed E-state index contributed by atoms with van der Waals surface area (Å²) in [7, 11) is -2.24. The molecule has 0 radical (unpaired) electrons. The number of nitrogens with zero attached hydrogens (tertiary/aromatic N) is 3. The molecule has 0 saturated carbocycles. The van der Waals surface area contributed by atoms with Crippen molar-refractivity contribution >= 4 is 26.8 Å². The minimum Gasteiger partial charge on any atom is -0.340 e. The Labute approximate surface area is 220 Å². The molecule has 5 rings (SSSR count). The third-order valence-electron chi connectivity index (χ3n) is 6.75. The van der Waals surface area contributed by atoms with E-state index in [4.69, 9.17) is 5.14 Å². The van der Waals surface area contributed by atoms with Crippen molar-refractivity contribution in [3.63, 3.8) is 0 Å². The Kier molecular flexibility index (Phi) is 6.95. The van der Waals surface area contributed by atoms with Crippen molar-refractivity contribution < 1.29 is 17.6 Å². The van der Waals surface area contributed by atoms with Crippen molar-refractivity contribution in [3.8, 4) is 22.4 Å². The predicted octanol–water partition coefficient (Wildman–Crippen LogP) is 3.88. The van der Waals surface area contributed by atoms with Gasteiger partial charge in [0.15, 0.2) is 5.03 Å². The van der Waals surface area contributed by atoms with Gasteiger partial charge in [-0.2, -0.15) is 0 Å². The number of nitrogens with two attached hydrogens (primary N) is 1. The lowest BCUT2D eigenvalue weighted by Crippen LogP contribution is -2.38. The number of carbonyl (C=O) groups is 1. The van der Waals surface area contributed by atoms with Crippen LogP contribution in [0.3, 0.4) is 0 Å². The molecule has 4 aromatic rings. The summed E-state index contributed by atoms with van der Waals surface area (Å²) in [5, 5.41) is 9.00. The first-order valence-electron chi connectivity index (χ1n) is 12.3. The first-order valence-corrected chi connectivity index (χ1v) is 13.8. The fourth-order valence-electron chi connectivity index (χ4n) is 4.94. The first-order chi connectivity index (χ1) is 18.1. The molecule has 196 valence electrons. The molecule has 0 unspecified atom stereocenters. The number of carbonyl (C=O) groups excluding carboxylic acids is 1. The SMILES string of the molecule is Cc1cc(F)cc(-c2cnc3ccc(-c4cccc(S(N)(=O)=O)n4)cc3c2C(=O)N(C)C[C@@H]2CCCN2)c1. The number of pyridine rings is 2. The summed E-state index contributed by atoms with van der Waals surface area (Å²) in [5.41, 5.74) is 3.72. The number of fused-ring (bicyclic) bond motifs is 1. The number of amides is 1. The maximum absolute atomic E-state index is 14.4. The smallest absolute Gasteiger partial charge is 0.255 e. The third-order valence-corrected chi connectivity index (χ3v) is 7.56. The standard InChI is InChI=1S/C28H28FN5O3S/c1-17-11-19(13-20(29)12-17)23-15-32-25-9-8-18(24-6-3-7-26(33-24)38(30,36)37)14-22(25)27(23)28(35)34(2)16-21-5-4-10-31-21/h3,6-9,11-15,21,31H,4-5,10,16H2,1-2H3,(H2,30,36,37)/t21-/m0/s1. The van der Waals surface area contributed by atoms with Gasteiger partial charge in [-0.05, 0) is 73.8 Å². The van der Waals surface area contributed by atoms with E-state index in [1.807, 2.05) is 6.07 Å². The lowest BCUT2D eigenvalue weighted by molar-refractivity contribution is 0.0786. The van der Waals surface area contributed by atoms with E-state index in [-0.39, 0.29) is 17.0 Å². The van der Waals surface area contributed by atoms with E-state index < -0.39 is 15.8 Å². The van der Waals surface area contributed by atoms with Crippen LogP contribution < -0.4 is 10.5 Å². The van der Waals surface area contributed by atoms with E-state index in [0.29, 0.717) is 45.4 Å². The molecule has 1 saturated heterocycles. The highest BCUT2D eigenvalue weighted by molar-refractivity contribution is 7.89. The van der Waals surface area contributed by atoms with Crippen LogP contribution in [0.4, 0.5) is 4.39 Å². The van der Waals surface area contributed by atoms with Crippen LogP contribution in [0.2, 0.25) is 0 Å². The highest BCUT2D eigenvalue weighted by atomic mass is 32.2. The number of sulfonamides is 1. The van der Waals surface area contributed by atoms with Gasteiger partial charge in [-0.1, -0.05) is 18.2 Å². The Morgan fingerprint density at radius 2 is 1.97 bits per heavy atom. The monoisotopic (exact) mass is 533 g/mol. The topological polar surface area (TPSA) is 118 Å². The Bertz CT molecular complexity index is 1630. The fourth-order valence-corrected chi connectivity index (χ4v) is 5.44. The van der Waals surface area contributed by atoms with Crippen molar-refractivity contribution in [1.29, 1.82) is 0 Å². The molecule has 1 atom stereocenters. The molecular weight excluding hydrogens is 505 g/mol. The largest absolute Gasteiger partial charge is 0.340 e. The van der Waals surface area contributed by atoms with Gasteiger partial charge in [-0.25, -0.2) is 22.9 Å². The minimum absolute atomic E-state index is 0.206. The van der Waals surface area contributed by atoms with Crippen LogP contribution in [-0.2, 0) is 10.0 Å². The normalized spacial score (nSPS) is 15.6. The quantitative estimate of drug-likeness (QED) is 0.388. The van der Waals surface area contributed by atoms with Gasteiger partial charge in [0, 0.05) is 42.3 Å². The van der Waals surface area contributed by atoms with E-state index in [9.17, 15) is 17.6 Å². The van der Waals surface area contributed by atoms with Crippen molar-refractivity contribution in [3.05, 3.63) is 77.7 Å². The van der Waals surface area contributed by atoms with Gasteiger partial charge < -0.3 is 10.2 Å². The summed E-state index contributed by atoms with van der Waals surface area (Å²) in [6.07, 6.45) is 3.65. The van der Waals surface area contributed by atoms with Gasteiger partial charge >= 0.3 is 0 Å². The molecule has 38 heavy (non-hydrogen) atoms. The van der Waals surface area contributed by atoms with Gasteiger partial charge in [0.2, 0.25) is 0 Å². The maximum atomic E-state index is 14.4. The summed E-state index contributed by atoms with van der Waals surface area (Å²) in [6, 6.07) is 14.7. The second-order valence-corrected chi connectivity index (χ2v) is 11.2. The summed E-state index contributed by atoms with van der Waals surface area (Å²) in [5.74, 6) is -0.619. The van der Waals surface area contributed by atoms with Crippen LogP contribution in [0.5, 0.6) is 0 Å².